The van der Waals surface area contributed by atoms with Gasteiger partial charge in [-0.3, -0.25) is 9.59 Å². The van der Waals surface area contributed by atoms with Crippen molar-refractivity contribution in [3.8, 4) is 16.9 Å². The van der Waals surface area contributed by atoms with Crippen molar-refractivity contribution in [2.45, 2.75) is 13.1 Å². The van der Waals surface area contributed by atoms with E-state index in [9.17, 15) is 9.59 Å². The number of benzene rings is 3. The molecule has 0 spiro atoms. The van der Waals surface area contributed by atoms with Gasteiger partial charge in [0.05, 0.1) is 19.2 Å². The Kier molecular flexibility index (Phi) is 8.00. The lowest BCUT2D eigenvalue weighted by molar-refractivity contribution is -0.120. The summed E-state index contributed by atoms with van der Waals surface area (Å²) in [5.74, 6) is -0.142. The van der Waals surface area contributed by atoms with Gasteiger partial charge in [0.1, 0.15) is 5.75 Å². The Hall–Kier alpha value is -3.64. The van der Waals surface area contributed by atoms with Crippen molar-refractivity contribution >= 4 is 11.8 Å². The summed E-state index contributed by atoms with van der Waals surface area (Å²) < 4.78 is 5.20. The van der Waals surface area contributed by atoms with Crippen molar-refractivity contribution in [2.75, 3.05) is 27.7 Å². The van der Waals surface area contributed by atoms with E-state index in [-0.39, 0.29) is 18.4 Å². The maximum atomic E-state index is 12.4. The molecule has 0 radical (unpaired) electrons. The first-order valence-corrected chi connectivity index (χ1v) is 10.5. The van der Waals surface area contributed by atoms with E-state index >= 15 is 0 Å². The molecule has 3 aromatic rings. The van der Waals surface area contributed by atoms with Gasteiger partial charge in [-0.25, -0.2) is 0 Å². The van der Waals surface area contributed by atoms with Crippen LogP contribution >= 0.6 is 0 Å². The van der Waals surface area contributed by atoms with E-state index in [2.05, 4.69) is 39.8 Å². The fourth-order valence-corrected chi connectivity index (χ4v) is 3.46. The number of hydrogen-bond donors (Lipinski definition) is 2. The summed E-state index contributed by atoms with van der Waals surface area (Å²) in [5.41, 5.74) is 4.82. The SMILES string of the molecule is COc1ccccc1C(=O)NCC(=O)NCc1ccccc1-c1ccc(CN(C)C)cc1. The number of nitrogens with zero attached hydrogens (tertiary/aromatic N) is 1. The number of hydrogen-bond acceptors (Lipinski definition) is 4. The molecule has 0 fully saturated rings. The quantitative estimate of drug-likeness (QED) is 0.544. The standard InChI is InChI=1S/C26H29N3O3/c1-29(2)18-19-12-14-20(15-13-19)22-9-5-4-8-21(22)16-27-25(30)17-28-26(31)23-10-6-7-11-24(23)32-3/h4-15H,16-18H2,1-3H3,(H,27,30)(H,28,31). The Morgan fingerprint density at radius 1 is 0.875 bits per heavy atom. The summed E-state index contributed by atoms with van der Waals surface area (Å²) >= 11 is 0. The summed E-state index contributed by atoms with van der Waals surface area (Å²) in [6.45, 7) is 1.15. The lowest BCUT2D eigenvalue weighted by Gasteiger charge is -2.13. The predicted octanol–water partition coefficient (Wildman–Crippen LogP) is 3.47. The average Bonchev–Trinajstić information content (AvgIpc) is 2.81. The van der Waals surface area contributed by atoms with Gasteiger partial charge in [0.25, 0.3) is 5.91 Å². The largest absolute Gasteiger partial charge is 0.496 e. The van der Waals surface area contributed by atoms with E-state index in [1.54, 1.807) is 24.3 Å². The molecule has 6 nitrogen and oxygen atoms in total. The van der Waals surface area contributed by atoms with E-state index in [0.29, 0.717) is 17.9 Å². The molecule has 0 aliphatic rings. The fourth-order valence-electron chi connectivity index (χ4n) is 3.46. The molecule has 0 saturated carbocycles. The van der Waals surface area contributed by atoms with Crippen molar-refractivity contribution < 1.29 is 14.3 Å². The van der Waals surface area contributed by atoms with Gasteiger partial charge in [0.15, 0.2) is 0 Å². The minimum Gasteiger partial charge on any atom is -0.496 e. The smallest absolute Gasteiger partial charge is 0.255 e. The number of amides is 2. The lowest BCUT2D eigenvalue weighted by Crippen LogP contribution is -2.36. The molecule has 0 heterocycles. The van der Waals surface area contributed by atoms with Gasteiger partial charge in [-0.2, -0.15) is 0 Å². The zero-order valence-corrected chi connectivity index (χ0v) is 18.7. The van der Waals surface area contributed by atoms with Gasteiger partial charge in [0.2, 0.25) is 5.91 Å². The maximum absolute atomic E-state index is 12.4. The van der Waals surface area contributed by atoms with Gasteiger partial charge >= 0.3 is 0 Å². The van der Waals surface area contributed by atoms with E-state index in [0.717, 1.165) is 23.2 Å². The Bertz CT molecular complexity index is 1060. The molecule has 3 rings (SSSR count). The molecule has 2 N–H and O–H groups in total. The van der Waals surface area contributed by atoms with Crippen LogP contribution in [0.5, 0.6) is 5.75 Å². The van der Waals surface area contributed by atoms with Crippen LogP contribution in [0.1, 0.15) is 21.5 Å². The zero-order valence-electron chi connectivity index (χ0n) is 18.7. The average molecular weight is 432 g/mol. The van der Waals surface area contributed by atoms with Crippen LogP contribution in [-0.4, -0.2) is 44.5 Å². The number of methoxy groups -OCH3 is 1. The summed E-state index contributed by atoms with van der Waals surface area (Å²) in [5, 5.41) is 5.53. The molecular formula is C26H29N3O3. The maximum Gasteiger partial charge on any atom is 0.255 e. The lowest BCUT2D eigenvalue weighted by atomic mass is 9.98. The Morgan fingerprint density at radius 2 is 1.56 bits per heavy atom. The van der Waals surface area contributed by atoms with E-state index in [4.69, 9.17) is 4.74 Å². The van der Waals surface area contributed by atoms with Crippen LogP contribution < -0.4 is 15.4 Å². The predicted molar refractivity (Wildman–Crippen MR) is 126 cm³/mol. The van der Waals surface area contributed by atoms with E-state index in [1.807, 2.05) is 38.4 Å². The molecule has 3 aromatic carbocycles. The Balaban J connectivity index is 1.59. The monoisotopic (exact) mass is 431 g/mol. The van der Waals surface area contributed by atoms with Crippen LogP contribution in [-0.2, 0) is 17.9 Å². The molecule has 0 unspecified atom stereocenters. The van der Waals surface area contributed by atoms with Crippen LogP contribution in [0.3, 0.4) is 0 Å². The minimum atomic E-state index is -0.351. The first kappa shape index (κ1) is 23.0. The minimum absolute atomic E-state index is 0.113. The van der Waals surface area contributed by atoms with E-state index in [1.165, 1.54) is 12.7 Å². The molecule has 0 aliphatic carbocycles. The molecule has 0 aromatic heterocycles. The summed E-state index contributed by atoms with van der Waals surface area (Å²) in [7, 11) is 5.60. The third-order valence-corrected chi connectivity index (χ3v) is 5.02. The normalized spacial score (nSPS) is 10.6. The second-order valence-electron chi connectivity index (χ2n) is 7.75. The highest BCUT2D eigenvalue weighted by Gasteiger charge is 2.13. The third kappa shape index (κ3) is 6.18. The topological polar surface area (TPSA) is 70.7 Å². The molecule has 32 heavy (non-hydrogen) atoms. The van der Waals surface area contributed by atoms with Crippen molar-refractivity contribution in [3.63, 3.8) is 0 Å². The second-order valence-corrected chi connectivity index (χ2v) is 7.75. The van der Waals surface area contributed by atoms with Gasteiger partial charge in [-0.15, -0.1) is 0 Å². The number of carbonyl (C=O) groups excluding carboxylic acids is 2. The van der Waals surface area contributed by atoms with Crippen LogP contribution in [0, 0.1) is 0 Å². The number of rotatable bonds is 9. The molecule has 6 heteroatoms. The third-order valence-electron chi connectivity index (χ3n) is 5.02. The molecule has 0 atom stereocenters. The van der Waals surface area contributed by atoms with Crippen LogP contribution in [0.15, 0.2) is 72.8 Å². The zero-order chi connectivity index (χ0) is 22.9. The van der Waals surface area contributed by atoms with Gasteiger partial charge < -0.3 is 20.3 Å². The summed E-state index contributed by atoms with van der Waals surface area (Å²) in [4.78, 5) is 26.8. The Morgan fingerprint density at radius 3 is 2.28 bits per heavy atom. The molecule has 0 aliphatic heterocycles. The number of nitrogens with one attached hydrogen (secondary N) is 2. The molecule has 2 amide bonds. The van der Waals surface area contributed by atoms with Crippen LogP contribution in [0.25, 0.3) is 11.1 Å². The highest BCUT2D eigenvalue weighted by Crippen LogP contribution is 2.24. The molecular weight excluding hydrogens is 402 g/mol. The van der Waals surface area contributed by atoms with Crippen molar-refractivity contribution in [1.82, 2.24) is 15.5 Å². The number of carbonyl (C=O) groups is 2. The summed E-state index contributed by atoms with van der Waals surface area (Å²) in [6, 6.07) is 23.3. The first-order chi connectivity index (χ1) is 15.5. The van der Waals surface area contributed by atoms with Crippen LogP contribution in [0.2, 0.25) is 0 Å². The van der Waals surface area contributed by atoms with Gasteiger partial charge in [-0.05, 0) is 48.5 Å². The molecule has 0 saturated heterocycles. The van der Waals surface area contributed by atoms with Gasteiger partial charge in [-0.1, -0.05) is 60.7 Å². The summed E-state index contributed by atoms with van der Waals surface area (Å²) in [6.07, 6.45) is 0. The Labute approximate surface area is 189 Å². The number of ether oxygens (including phenoxy) is 1. The van der Waals surface area contributed by atoms with Crippen molar-refractivity contribution in [3.05, 3.63) is 89.5 Å². The molecule has 166 valence electrons. The van der Waals surface area contributed by atoms with Crippen molar-refractivity contribution in [1.29, 1.82) is 0 Å². The first-order valence-electron chi connectivity index (χ1n) is 10.5. The van der Waals surface area contributed by atoms with Crippen LogP contribution in [0.4, 0.5) is 0 Å². The second kappa shape index (κ2) is 11.1. The fraction of sp³-hybridized carbons (Fsp3) is 0.231. The van der Waals surface area contributed by atoms with Gasteiger partial charge in [0, 0.05) is 13.1 Å². The van der Waals surface area contributed by atoms with E-state index < -0.39 is 0 Å². The number of para-hydroxylation sites is 1. The van der Waals surface area contributed by atoms with Crippen molar-refractivity contribution in [2.24, 2.45) is 0 Å². The highest BCUT2D eigenvalue weighted by atomic mass is 16.5. The molecule has 0 bridgehead atoms. The highest BCUT2D eigenvalue weighted by molar-refractivity contribution is 5.98.